The van der Waals surface area contributed by atoms with Crippen LogP contribution in [0.4, 0.5) is 5.82 Å². The van der Waals surface area contributed by atoms with E-state index < -0.39 is 0 Å². The molecule has 0 aliphatic carbocycles. The van der Waals surface area contributed by atoms with Gasteiger partial charge in [-0.2, -0.15) is 0 Å². The van der Waals surface area contributed by atoms with Crippen molar-refractivity contribution in [3.05, 3.63) is 42.9 Å². The average Bonchev–Trinajstić information content (AvgIpc) is 3.24. The number of rotatable bonds is 5. The Bertz CT molecular complexity index is 943. The van der Waals surface area contributed by atoms with Crippen LogP contribution in [0.15, 0.2) is 42.9 Å². The Kier molecular flexibility index (Phi) is 5.32. The summed E-state index contributed by atoms with van der Waals surface area (Å²) < 4.78 is 13.6. The van der Waals surface area contributed by atoms with Crippen molar-refractivity contribution in [1.29, 1.82) is 0 Å². The van der Waals surface area contributed by atoms with Crippen LogP contribution in [0.2, 0.25) is 0 Å². The summed E-state index contributed by atoms with van der Waals surface area (Å²) in [5, 5.41) is 3.52. The molecule has 2 aliphatic rings. The van der Waals surface area contributed by atoms with E-state index in [4.69, 9.17) is 9.47 Å². The molecule has 29 heavy (non-hydrogen) atoms. The molecular formula is C22H27N5O2. The summed E-state index contributed by atoms with van der Waals surface area (Å²) in [5.41, 5.74) is 3.05. The van der Waals surface area contributed by atoms with Gasteiger partial charge in [-0.25, -0.2) is 9.97 Å². The van der Waals surface area contributed by atoms with E-state index in [1.165, 1.54) is 19.3 Å². The molecule has 2 saturated heterocycles. The molecule has 0 amide bonds. The Hall–Kier alpha value is -2.64. The molecule has 152 valence electrons. The van der Waals surface area contributed by atoms with Crippen LogP contribution >= 0.6 is 0 Å². The first kappa shape index (κ1) is 18.4. The van der Waals surface area contributed by atoms with Crippen molar-refractivity contribution in [2.75, 3.05) is 44.4 Å². The second kappa shape index (κ2) is 8.39. The zero-order valence-electron chi connectivity index (χ0n) is 16.6. The third-order valence-corrected chi connectivity index (χ3v) is 5.73. The minimum atomic E-state index is 0.466. The van der Waals surface area contributed by atoms with E-state index >= 15 is 0 Å². The van der Waals surface area contributed by atoms with Crippen molar-refractivity contribution in [3.8, 4) is 17.0 Å². The number of nitrogens with one attached hydrogen (secondary N) is 1. The molecule has 0 radical (unpaired) electrons. The van der Waals surface area contributed by atoms with Crippen LogP contribution in [-0.2, 0) is 4.74 Å². The predicted molar refractivity (Wildman–Crippen MR) is 113 cm³/mol. The van der Waals surface area contributed by atoms with E-state index in [1.54, 1.807) is 0 Å². The Morgan fingerprint density at radius 1 is 1.10 bits per heavy atom. The second-order valence-electron chi connectivity index (χ2n) is 7.67. The van der Waals surface area contributed by atoms with Crippen LogP contribution in [0.5, 0.6) is 5.75 Å². The number of piperidine rings is 1. The van der Waals surface area contributed by atoms with Gasteiger partial charge in [0.05, 0.1) is 25.1 Å². The van der Waals surface area contributed by atoms with Crippen LogP contribution in [0, 0.1) is 0 Å². The van der Waals surface area contributed by atoms with Gasteiger partial charge in [-0.1, -0.05) is 6.42 Å². The fraction of sp³-hybridized carbons (Fsp3) is 0.455. The smallest absolute Gasteiger partial charge is 0.180 e. The lowest BCUT2D eigenvalue weighted by Gasteiger charge is -2.27. The molecule has 0 saturated carbocycles. The van der Waals surface area contributed by atoms with Gasteiger partial charge in [0, 0.05) is 37.1 Å². The lowest BCUT2D eigenvalue weighted by Crippen LogP contribution is -2.38. The highest BCUT2D eigenvalue weighted by molar-refractivity contribution is 5.71. The third kappa shape index (κ3) is 3.93. The number of fused-ring (bicyclic) bond motifs is 1. The highest BCUT2D eigenvalue weighted by Gasteiger charge is 2.18. The van der Waals surface area contributed by atoms with Gasteiger partial charge in [0.2, 0.25) is 0 Å². The van der Waals surface area contributed by atoms with Gasteiger partial charge in [-0.3, -0.25) is 4.40 Å². The number of nitrogens with zero attached hydrogens (tertiary/aromatic N) is 4. The second-order valence-corrected chi connectivity index (χ2v) is 7.67. The molecule has 7 heteroatoms. The van der Waals surface area contributed by atoms with Crippen molar-refractivity contribution >= 4 is 11.5 Å². The molecule has 1 aromatic carbocycles. The number of hydrogen-bond acceptors (Lipinski definition) is 6. The van der Waals surface area contributed by atoms with Crippen molar-refractivity contribution in [3.63, 3.8) is 0 Å². The van der Waals surface area contributed by atoms with E-state index in [0.717, 1.165) is 67.9 Å². The Morgan fingerprint density at radius 3 is 2.76 bits per heavy atom. The number of ether oxygens (including phenoxy) is 2. The monoisotopic (exact) mass is 393 g/mol. The molecule has 1 atom stereocenters. The first-order valence-corrected chi connectivity index (χ1v) is 10.5. The summed E-state index contributed by atoms with van der Waals surface area (Å²) in [4.78, 5) is 11.5. The van der Waals surface area contributed by atoms with Crippen LogP contribution in [0.1, 0.15) is 19.3 Å². The molecule has 3 aromatic rings. The Morgan fingerprint density at radius 2 is 1.97 bits per heavy atom. The first-order valence-electron chi connectivity index (χ1n) is 10.5. The van der Waals surface area contributed by atoms with Crippen LogP contribution in [-0.4, -0.2) is 59.9 Å². The lowest BCUT2D eigenvalue weighted by molar-refractivity contribution is 0.122. The number of anilines is 1. The molecule has 1 unspecified atom stereocenters. The standard InChI is InChI=1S/C22H27N5O2/c1-2-8-23-18(3-1)16-29-19-6-4-17(5-7-19)20-15-25-22-21(24-9-10-27(20)22)26-11-13-28-14-12-26/h4-7,9-10,15,18,23H,1-3,8,11-14,16H2. The molecule has 7 nitrogen and oxygen atoms in total. The van der Waals surface area contributed by atoms with E-state index in [2.05, 4.69) is 36.7 Å². The molecule has 5 rings (SSSR count). The van der Waals surface area contributed by atoms with Gasteiger partial charge in [0.15, 0.2) is 11.5 Å². The number of benzene rings is 1. The summed E-state index contributed by atoms with van der Waals surface area (Å²) >= 11 is 0. The summed E-state index contributed by atoms with van der Waals surface area (Å²) in [6, 6.07) is 8.75. The summed E-state index contributed by atoms with van der Waals surface area (Å²) in [6.07, 6.45) is 9.49. The molecule has 2 fully saturated rings. The zero-order valence-corrected chi connectivity index (χ0v) is 16.6. The van der Waals surface area contributed by atoms with Crippen LogP contribution < -0.4 is 15.0 Å². The van der Waals surface area contributed by atoms with Crippen molar-refractivity contribution in [2.45, 2.75) is 25.3 Å². The van der Waals surface area contributed by atoms with Crippen molar-refractivity contribution in [1.82, 2.24) is 19.7 Å². The molecule has 1 N–H and O–H groups in total. The van der Waals surface area contributed by atoms with Gasteiger partial charge < -0.3 is 19.7 Å². The fourth-order valence-corrected chi connectivity index (χ4v) is 4.10. The van der Waals surface area contributed by atoms with Crippen molar-refractivity contribution < 1.29 is 9.47 Å². The van der Waals surface area contributed by atoms with Crippen LogP contribution in [0.25, 0.3) is 16.9 Å². The average molecular weight is 393 g/mol. The molecule has 2 aromatic heterocycles. The van der Waals surface area contributed by atoms with E-state index in [1.807, 2.05) is 30.7 Å². The van der Waals surface area contributed by atoms with E-state index in [9.17, 15) is 0 Å². The molecule has 2 aliphatic heterocycles. The highest BCUT2D eigenvalue weighted by Crippen LogP contribution is 2.27. The Balaban J connectivity index is 1.34. The van der Waals surface area contributed by atoms with E-state index in [0.29, 0.717) is 6.04 Å². The summed E-state index contributed by atoms with van der Waals surface area (Å²) in [7, 11) is 0. The number of hydrogen-bond donors (Lipinski definition) is 1. The number of aromatic nitrogens is 3. The van der Waals surface area contributed by atoms with E-state index in [-0.39, 0.29) is 0 Å². The van der Waals surface area contributed by atoms with Gasteiger partial charge in [-0.05, 0) is 43.7 Å². The number of imidazole rings is 1. The van der Waals surface area contributed by atoms with Gasteiger partial charge in [0.25, 0.3) is 0 Å². The maximum atomic E-state index is 5.99. The van der Waals surface area contributed by atoms with Crippen LogP contribution in [0.3, 0.4) is 0 Å². The summed E-state index contributed by atoms with van der Waals surface area (Å²) in [6.45, 7) is 4.97. The maximum Gasteiger partial charge on any atom is 0.180 e. The topological polar surface area (TPSA) is 63.9 Å². The fourth-order valence-electron chi connectivity index (χ4n) is 4.10. The lowest BCUT2D eigenvalue weighted by atomic mass is 10.1. The minimum absolute atomic E-state index is 0.466. The number of morpholine rings is 1. The quantitative estimate of drug-likeness (QED) is 0.719. The highest BCUT2D eigenvalue weighted by atomic mass is 16.5. The summed E-state index contributed by atoms with van der Waals surface area (Å²) in [5.74, 6) is 1.83. The molecule has 4 heterocycles. The van der Waals surface area contributed by atoms with Crippen molar-refractivity contribution in [2.24, 2.45) is 0 Å². The Labute approximate surface area is 170 Å². The predicted octanol–water partition coefficient (Wildman–Crippen LogP) is 2.75. The maximum absolute atomic E-state index is 5.99. The molecule has 0 bridgehead atoms. The molecular weight excluding hydrogens is 366 g/mol. The molecule has 0 spiro atoms. The largest absolute Gasteiger partial charge is 0.492 e. The van der Waals surface area contributed by atoms with Gasteiger partial charge in [0.1, 0.15) is 12.4 Å². The third-order valence-electron chi connectivity index (χ3n) is 5.73. The van der Waals surface area contributed by atoms with Gasteiger partial charge >= 0.3 is 0 Å². The minimum Gasteiger partial charge on any atom is -0.492 e. The SMILES string of the molecule is c1cn2c(-c3ccc(OCC4CCCCN4)cc3)cnc2c(N2CCOCC2)n1. The van der Waals surface area contributed by atoms with Gasteiger partial charge in [-0.15, -0.1) is 0 Å². The zero-order chi connectivity index (χ0) is 19.5. The first-order chi connectivity index (χ1) is 14.4. The normalized spacial score (nSPS) is 20.1.